The molecule has 2 atom stereocenters. The number of hydrogen-bond donors (Lipinski definition) is 3. The Morgan fingerprint density at radius 2 is 1.87 bits per heavy atom. The second-order valence-corrected chi connectivity index (χ2v) is 11.7. The van der Waals surface area contributed by atoms with Crippen LogP contribution in [0.4, 0.5) is 17.6 Å². The Morgan fingerprint density at radius 3 is 2.50 bits per heavy atom. The minimum absolute atomic E-state index is 0.0000853. The van der Waals surface area contributed by atoms with Gasteiger partial charge in [0.05, 0.1) is 18.3 Å². The van der Waals surface area contributed by atoms with Crippen LogP contribution in [0.2, 0.25) is 0 Å². The summed E-state index contributed by atoms with van der Waals surface area (Å²) in [7, 11) is 0. The molecule has 3 heterocycles. The lowest BCUT2D eigenvalue weighted by molar-refractivity contribution is -0.265. The van der Waals surface area contributed by atoms with Crippen molar-refractivity contribution in [2.24, 2.45) is 5.73 Å². The van der Waals surface area contributed by atoms with Crippen molar-refractivity contribution in [1.82, 2.24) is 15.3 Å². The van der Waals surface area contributed by atoms with E-state index in [2.05, 4.69) is 15.3 Å². The third kappa shape index (κ3) is 5.38. The van der Waals surface area contributed by atoms with E-state index in [1.807, 2.05) is 6.92 Å². The molecule has 0 spiro atoms. The molecular formula is C33H30F4N4O5. The summed E-state index contributed by atoms with van der Waals surface area (Å²) in [5.74, 6) is -2.03. The SMILES string of the molecule is CC[C@]1(C(N)=O)COc2c1cc([C@@](O)(CNC(=O)c1cc(OC3CC3)c3ncc(C)cc3c1)C(F)(F)F)nc2-c1ccc(F)cc1. The number of ether oxygens (including phenoxy) is 2. The third-order valence-electron chi connectivity index (χ3n) is 8.51. The summed E-state index contributed by atoms with van der Waals surface area (Å²) in [5, 5.41) is 14.2. The summed E-state index contributed by atoms with van der Waals surface area (Å²) in [5.41, 5.74) is 0.901. The second kappa shape index (κ2) is 11.2. The summed E-state index contributed by atoms with van der Waals surface area (Å²) in [6.07, 6.45) is -2.02. The molecule has 1 aliphatic heterocycles. The van der Waals surface area contributed by atoms with Crippen LogP contribution < -0.4 is 20.5 Å². The topological polar surface area (TPSA) is 137 Å². The molecular weight excluding hydrogens is 608 g/mol. The van der Waals surface area contributed by atoms with Crippen LogP contribution in [-0.4, -0.2) is 52.3 Å². The highest BCUT2D eigenvalue weighted by Crippen LogP contribution is 2.49. The number of nitrogens with zero attached hydrogens (tertiary/aromatic N) is 2. The van der Waals surface area contributed by atoms with E-state index in [-0.39, 0.29) is 47.3 Å². The molecule has 4 N–H and O–H groups in total. The van der Waals surface area contributed by atoms with E-state index in [1.165, 1.54) is 24.3 Å². The van der Waals surface area contributed by atoms with Gasteiger partial charge in [0, 0.05) is 28.3 Å². The van der Waals surface area contributed by atoms with Crippen LogP contribution >= 0.6 is 0 Å². The van der Waals surface area contributed by atoms with Crippen molar-refractivity contribution in [2.45, 2.75) is 56.4 Å². The predicted octanol–water partition coefficient (Wildman–Crippen LogP) is 4.99. The number of nitrogens with one attached hydrogen (secondary N) is 1. The van der Waals surface area contributed by atoms with Crippen LogP contribution in [0.25, 0.3) is 22.2 Å². The summed E-state index contributed by atoms with van der Waals surface area (Å²) < 4.78 is 70.0. The number of amides is 2. The van der Waals surface area contributed by atoms with Gasteiger partial charge in [-0.25, -0.2) is 9.37 Å². The molecule has 6 rings (SSSR count). The minimum atomic E-state index is -5.35. The lowest BCUT2D eigenvalue weighted by atomic mass is 9.78. The zero-order valence-corrected chi connectivity index (χ0v) is 24.9. The largest absolute Gasteiger partial charge is 0.489 e. The van der Waals surface area contributed by atoms with Crippen molar-refractivity contribution in [3.05, 3.63) is 82.9 Å². The van der Waals surface area contributed by atoms with Gasteiger partial charge in [-0.3, -0.25) is 14.6 Å². The molecule has 1 fully saturated rings. The first-order valence-electron chi connectivity index (χ1n) is 14.6. The number of carbonyl (C=O) groups excluding carboxylic acids is 2. The number of aromatic nitrogens is 2. The fourth-order valence-electron chi connectivity index (χ4n) is 5.55. The van der Waals surface area contributed by atoms with E-state index in [9.17, 15) is 32.3 Å². The average Bonchev–Trinajstić information content (AvgIpc) is 3.75. The molecule has 1 aliphatic carbocycles. The Morgan fingerprint density at radius 1 is 1.15 bits per heavy atom. The lowest BCUT2D eigenvalue weighted by Crippen LogP contribution is -2.52. The number of pyridine rings is 2. The fourth-order valence-corrected chi connectivity index (χ4v) is 5.55. The van der Waals surface area contributed by atoms with Crippen molar-refractivity contribution in [1.29, 1.82) is 0 Å². The second-order valence-electron chi connectivity index (χ2n) is 11.7. The number of fused-ring (bicyclic) bond motifs is 2. The van der Waals surface area contributed by atoms with Crippen LogP contribution in [-0.2, 0) is 15.8 Å². The van der Waals surface area contributed by atoms with Gasteiger partial charge in [0.1, 0.15) is 40.5 Å². The number of carbonyl (C=O) groups is 2. The molecule has 0 radical (unpaired) electrons. The lowest BCUT2D eigenvalue weighted by Gasteiger charge is -2.32. The van der Waals surface area contributed by atoms with Gasteiger partial charge in [0.2, 0.25) is 11.5 Å². The Kier molecular flexibility index (Phi) is 7.62. The van der Waals surface area contributed by atoms with Gasteiger partial charge < -0.3 is 25.6 Å². The number of alkyl halides is 3. The van der Waals surface area contributed by atoms with Crippen molar-refractivity contribution < 1.29 is 41.7 Å². The van der Waals surface area contributed by atoms with Crippen LogP contribution in [0.5, 0.6) is 11.5 Å². The van der Waals surface area contributed by atoms with Crippen LogP contribution in [0.1, 0.15) is 53.4 Å². The Hall–Kier alpha value is -4.78. The maximum atomic E-state index is 14.8. The van der Waals surface area contributed by atoms with Gasteiger partial charge >= 0.3 is 6.18 Å². The zero-order valence-electron chi connectivity index (χ0n) is 24.9. The first-order valence-corrected chi connectivity index (χ1v) is 14.6. The molecule has 2 aliphatic rings. The van der Waals surface area contributed by atoms with Crippen molar-refractivity contribution in [2.75, 3.05) is 13.2 Å². The van der Waals surface area contributed by atoms with Gasteiger partial charge in [-0.15, -0.1) is 0 Å². The van der Waals surface area contributed by atoms with Crippen molar-refractivity contribution >= 4 is 22.7 Å². The number of rotatable bonds is 9. The summed E-state index contributed by atoms with van der Waals surface area (Å²) in [6.45, 7) is 1.84. The summed E-state index contributed by atoms with van der Waals surface area (Å²) >= 11 is 0. The van der Waals surface area contributed by atoms with E-state index >= 15 is 0 Å². The number of halogens is 4. The van der Waals surface area contributed by atoms with Crippen LogP contribution in [0, 0.1) is 12.7 Å². The number of nitrogens with two attached hydrogens (primary N) is 1. The van der Waals surface area contributed by atoms with E-state index in [1.54, 1.807) is 19.2 Å². The number of aryl methyl sites for hydroxylation is 1. The number of primary amides is 1. The standard InChI is InChI=1S/C33H30F4N4O5/c1-3-31(30(38)43)16-45-28-23(31)13-25(41-27(28)18-4-6-21(34)7-5-18)32(44,33(35,36)37)15-40-29(42)20-11-19-10-17(2)14-39-26(19)24(12-20)46-22-8-9-22/h4-7,10-14,22,44H,3,8-9,15-16H2,1-2H3,(H2,38,43)(H,40,42)/t31-,32-/m0/s1. The molecule has 240 valence electrons. The Labute approximate surface area is 260 Å². The molecule has 1 saturated carbocycles. The normalized spacial score (nSPS) is 18.8. The highest BCUT2D eigenvalue weighted by atomic mass is 19.4. The van der Waals surface area contributed by atoms with Gasteiger partial charge in [-0.05, 0) is 80.3 Å². The summed E-state index contributed by atoms with van der Waals surface area (Å²) in [6, 6.07) is 10.4. The van der Waals surface area contributed by atoms with Gasteiger partial charge in [-0.2, -0.15) is 13.2 Å². The summed E-state index contributed by atoms with van der Waals surface area (Å²) in [4.78, 5) is 34.6. The van der Waals surface area contributed by atoms with Gasteiger partial charge in [0.15, 0.2) is 0 Å². The molecule has 4 aromatic rings. The van der Waals surface area contributed by atoms with Gasteiger partial charge in [0.25, 0.3) is 5.91 Å². The third-order valence-corrected chi connectivity index (χ3v) is 8.51. The number of hydrogen-bond acceptors (Lipinski definition) is 7. The average molecular weight is 639 g/mol. The quantitative estimate of drug-likeness (QED) is 0.220. The highest BCUT2D eigenvalue weighted by Gasteiger charge is 2.58. The molecule has 2 amide bonds. The monoisotopic (exact) mass is 638 g/mol. The number of benzene rings is 2. The van der Waals surface area contributed by atoms with Crippen LogP contribution in [0.3, 0.4) is 0 Å². The van der Waals surface area contributed by atoms with E-state index in [0.29, 0.717) is 16.7 Å². The molecule has 9 nitrogen and oxygen atoms in total. The maximum absolute atomic E-state index is 14.8. The van der Waals surface area contributed by atoms with E-state index < -0.39 is 47.1 Å². The molecule has 2 aromatic heterocycles. The number of aliphatic hydroxyl groups is 1. The molecule has 0 saturated heterocycles. The minimum Gasteiger partial charge on any atom is -0.489 e. The smallest absolute Gasteiger partial charge is 0.424 e. The highest BCUT2D eigenvalue weighted by molar-refractivity contribution is 6.00. The first kappa shape index (κ1) is 31.2. The fraction of sp³-hybridized carbons (Fsp3) is 0.333. The molecule has 0 bridgehead atoms. The predicted molar refractivity (Wildman–Crippen MR) is 159 cm³/mol. The molecule has 0 unspecified atom stereocenters. The van der Waals surface area contributed by atoms with Crippen molar-refractivity contribution in [3.8, 4) is 22.8 Å². The van der Waals surface area contributed by atoms with E-state index in [0.717, 1.165) is 36.6 Å². The maximum Gasteiger partial charge on any atom is 0.424 e. The zero-order chi connectivity index (χ0) is 33.0. The first-order chi connectivity index (χ1) is 21.8. The molecule has 46 heavy (non-hydrogen) atoms. The van der Waals surface area contributed by atoms with Crippen molar-refractivity contribution in [3.63, 3.8) is 0 Å². The molecule has 13 heteroatoms. The Bertz CT molecular complexity index is 1860. The van der Waals surface area contributed by atoms with Crippen LogP contribution in [0.15, 0.2) is 54.7 Å². The molecule has 2 aromatic carbocycles. The Balaban J connectivity index is 1.42. The van der Waals surface area contributed by atoms with E-state index in [4.69, 9.17) is 15.2 Å². The van der Waals surface area contributed by atoms with Gasteiger partial charge in [-0.1, -0.05) is 6.92 Å².